The van der Waals surface area contributed by atoms with E-state index in [-0.39, 0.29) is 31.3 Å². The largest absolute Gasteiger partial charge is 0.462 e. The topological polar surface area (TPSA) is 95.9 Å². The van der Waals surface area contributed by atoms with Crippen LogP contribution in [-0.4, -0.2) is 46.9 Å². The lowest BCUT2D eigenvalue weighted by molar-refractivity contribution is -0.150. The van der Waals surface area contributed by atoms with Crippen LogP contribution in [0.1, 0.15) is 297 Å². The fraction of sp³-hybridized carbons (Fsp3) is 0.862. The van der Waals surface area contributed by atoms with Crippen molar-refractivity contribution in [2.45, 2.75) is 315 Å². The van der Waals surface area contributed by atoms with Gasteiger partial charge in [0.2, 0.25) is 5.91 Å². The Balaban J connectivity index is 4.60. The van der Waals surface area contributed by atoms with Gasteiger partial charge in [-0.1, -0.05) is 250 Å². The Kier molecular flexibility index (Phi) is 50.5. The van der Waals surface area contributed by atoms with Gasteiger partial charge in [-0.3, -0.25) is 9.59 Å². The van der Waals surface area contributed by atoms with E-state index in [1.54, 1.807) is 0 Å². The van der Waals surface area contributed by atoms with Crippen LogP contribution in [0.5, 0.6) is 0 Å². The molecule has 6 heteroatoms. The summed E-state index contributed by atoms with van der Waals surface area (Å²) < 4.78 is 5.91. The van der Waals surface area contributed by atoms with Crippen molar-refractivity contribution in [3.8, 4) is 0 Å². The van der Waals surface area contributed by atoms with Crippen molar-refractivity contribution in [2.75, 3.05) is 6.61 Å². The van der Waals surface area contributed by atoms with Crippen molar-refractivity contribution in [3.05, 3.63) is 36.5 Å². The molecule has 0 heterocycles. The number of amides is 1. The lowest BCUT2D eigenvalue weighted by Crippen LogP contribution is -2.46. The zero-order valence-electron chi connectivity index (χ0n) is 42.9. The van der Waals surface area contributed by atoms with Crippen LogP contribution >= 0.6 is 0 Å². The highest BCUT2D eigenvalue weighted by Gasteiger charge is 2.24. The molecule has 0 saturated heterocycles. The molecule has 0 radical (unpaired) electrons. The number of carbonyl (C=O) groups excluding carboxylic acids is 2. The molecule has 0 saturated carbocycles. The quantitative estimate of drug-likeness (QED) is 0.0321. The van der Waals surface area contributed by atoms with Crippen LogP contribution in [-0.2, 0) is 14.3 Å². The van der Waals surface area contributed by atoms with Gasteiger partial charge in [0.05, 0.1) is 25.2 Å². The Morgan fingerprint density at radius 3 is 1.22 bits per heavy atom. The lowest BCUT2D eigenvalue weighted by atomic mass is 10.0. The summed E-state index contributed by atoms with van der Waals surface area (Å²) in [6.45, 7) is 6.49. The predicted octanol–water partition coefficient (Wildman–Crippen LogP) is 17.2. The molecule has 0 rings (SSSR count). The van der Waals surface area contributed by atoms with Crippen LogP contribution in [0.15, 0.2) is 36.5 Å². The van der Waals surface area contributed by atoms with Gasteiger partial charge in [-0.25, -0.2) is 0 Å². The minimum absolute atomic E-state index is 0.0475. The Morgan fingerprint density at radius 1 is 0.453 bits per heavy atom. The molecule has 3 N–H and O–H groups in total. The number of allylic oxidation sites excluding steroid dienone is 6. The second kappa shape index (κ2) is 52.1. The van der Waals surface area contributed by atoms with Crippen molar-refractivity contribution >= 4 is 11.9 Å². The standard InChI is InChI=1S/C58H109NO5/c1-4-7-10-13-16-19-22-25-27-29-32-34-37-40-43-46-49-54(64-58(63)51-48-45-42-39-36-31-24-21-18-15-12-9-6-3)52-57(62)59-55(53-60)56(61)50-47-44-41-38-35-33-30-28-26-23-20-17-14-11-8-5-2/h31-32,34,36,42,45,54-56,60-61H,4-30,33,35,37-41,43-44,46-53H2,1-3H3,(H,59,62)/b34-32+,36-31-,45-42+. The molecule has 0 aliphatic heterocycles. The number of esters is 1. The Labute approximate surface area is 398 Å². The first kappa shape index (κ1) is 62.1. The molecule has 0 bridgehead atoms. The summed E-state index contributed by atoms with van der Waals surface area (Å²) in [4.78, 5) is 26.2. The molecule has 376 valence electrons. The van der Waals surface area contributed by atoms with Crippen LogP contribution in [0, 0.1) is 0 Å². The number of carbonyl (C=O) groups is 2. The number of unbranched alkanes of at least 4 members (excludes halogenated alkanes) is 33. The van der Waals surface area contributed by atoms with Crippen molar-refractivity contribution in [3.63, 3.8) is 0 Å². The minimum atomic E-state index is -0.799. The third-order valence-corrected chi connectivity index (χ3v) is 13.0. The number of hydrogen-bond acceptors (Lipinski definition) is 5. The van der Waals surface area contributed by atoms with Gasteiger partial charge in [0, 0.05) is 6.42 Å². The average Bonchev–Trinajstić information content (AvgIpc) is 3.29. The SMILES string of the molecule is CCCCCCCC/C=C\C/C=C/CCC(=O)OC(CCCCC/C=C/CCCCCCCCCCC)CC(=O)NC(CO)C(O)CCCCCCCCCCCCCCCCCC. The summed E-state index contributed by atoms with van der Waals surface area (Å²) in [7, 11) is 0. The maximum Gasteiger partial charge on any atom is 0.306 e. The molecule has 3 atom stereocenters. The monoisotopic (exact) mass is 900 g/mol. The van der Waals surface area contributed by atoms with E-state index in [1.165, 1.54) is 180 Å². The molecule has 0 aromatic rings. The van der Waals surface area contributed by atoms with Crippen molar-refractivity contribution in [1.29, 1.82) is 0 Å². The van der Waals surface area contributed by atoms with Crippen molar-refractivity contribution < 1.29 is 24.5 Å². The molecule has 0 fully saturated rings. The second-order valence-corrected chi connectivity index (χ2v) is 19.3. The van der Waals surface area contributed by atoms with Gasteiger partial charge in [0.15, 0.2) is 0 Å². The van der Waals surface area contributed by atoms with E-state index in [1.807, 2.05) is 6.08 Å². The predicted molar refractivity (Wildman–Crippen MR) is 278 cm³/mol. The smallest absolute Gasteiger partial charge is 0.306 e. The highest BCUT2D eigenvalue weighted by atomic mass is 16.5. The first-order chi connectivity index (χ1) is 31.5. The number of aliphatic hydroxyl groups is 2. The van der Waals surface area contributed by atoms with Gasteiger partial charge in [0.25, 0.3) is 0 Å². The third kappa shape index (κ3) is 46.6. The van der Waals surface area contributed by atoms with E-state index in [2.05, 4.69) is 56.5 Å². The van der Waals surface area contributed by atoms with Crippen LogP contribution < -0.4 is 5.32 Å². The zero-order chi connectivity index (χ0) is 46.7. The fourth-order valence-electron chi connectivity index (χ4n) is 8.66. The van der Waals surface area contributed by atoms with Crippen molar-refractivity contribution in [1.82, 2.24) is 5.32 Å². The number of aliphatic hydroxyl groups excluding tert-OH is 2. The van der Waals surface area contributed by atoms with E-state index < -0.39 is 18.2 Å². The number of nitrogens with one attached hydrogen (secondary N) is 1. The molecule has 0 aromatic carbocycles. The molecular formula is C58H109NO5. The van der Waals surface area contributed by atoms with Gasteiger partial charge in [-0.2, -0.15) is 0 Å². The van der Waals surface area contributed by atoms with E-state index in [0.717, 1.165) is 64.2 Å². The second-order valence-electron chi connectivity index (χ2n) is 19.3. The Bertz CT molecular complexity index is 1060. The lowest BCUT2D eigenvalue weighted by Gasteiger charge is -2.24. The van der Waals surface area contributed by atoms with Gasteiger partial charge in [-0.05, 0) is 70.6 Å². The fourth-order valence-corrected chi connectivity index (χ4v) is 8.66. The molecule has 0 aliphatic rings. The summed E-state index contributed by atoms with van der Waals surface area (Å²) in [5, 5.41) is 23.8. The molecule has 3 unspecified atom stereocenters. The van der Waals surface area contributed by atoms with E-state index in [0.29, 0.717) is 19.3 Å². The molecule has 0 aromatic heterocycles. The average molecular weight is 901 g/mol. The van der Waals surface area contributed by atoms with Crippen LogP contribution in [0.2, 0.25) is 0 Å². The molecule has 0 spiro atoms. The Morgan fingerprint density at radius 2 is 0.797 bits per heavy atom. The molecule has 1 amide bonds. The van der Waals surface area contributed by atoms with Gasteiger partial charge >= 0.3 is 5.97 Å². The van der Waals surface area contributed by atoms with E-state index >= 15 is 0 Å². The molecular weight excluding hydrogens is 791 g/mol. The van der Waals surface area contributed by atoms with Crippen LogP contribution in [0.4, 0.5) is 0 Å². The van der Waals surface area contributed by atoms with Crippen LogP contribution in [0.3, 0.4) is 0 Å². The Hall–Kier alpha value is -1.92. The number of hydrogen-bond donors (Lipinski definition) is 3. The normalized spacial score (nSPS) is 13.4. The minimum Gasteiger partial charge on any atom is -0.462 e. The third-order valence-electron chi connectivity index (χ3n) is 13.0. The van der Waals surface area contributed by atoms with E-state index in [9.17, 15) is 19.8 Å². The number of ether oxygens (including phenoxy) is 1. The molecule has 0 aliphatic carbocycles. The van der Waals surface area contributed by atoms with Gasteiger partial charge in [0.1, 0.15) is 6.10 Å². The first-order valence-electron chi connectivity index (χ1n) is 28.2. The van der Waals surface area contributed by atoms with Gasteiger partial charge in [-0.15, -0.1) is 0 Å². The van der Waals surface area contributed by atoms with Gasteiger partial charge < -0.3 is 20.3 Å². The molecule has 6 nitrogen and oxygen atoms in total. The summed E-state index contributed by atoms with van der Waals surface area (Å²) in [6, 6.07) is -0.715. The molecule has 64 heavy (non-hydrogen) atoms. The van der Waals surface area contributed by atoms with Crippen LogP contribution in [0.25, 0.3) is 0 Å². The summed E-state index contributed by atoms with van der Waals surface area (Å²) >= 11 is 0. The first-order valence-corrected chi connectivity index (χ1v) is 28.2. The zero-order valence-corrected chi connectivity index (χ0v) is 42.9. The maximum atomic E-state index is 13.2. The highest BCUT2D eigenvalue weighted by molar-refractivity contribution is 5.77. The summed E-state index contributed by atoms with van der Waals surface area (Å²) in [5.74, 6) is -0.558. The number of rotatable bonds is 51. The van der Waals surface area contributed by atoms with Crippen molar-refractivity contribution in [2.24, 2.45) is 0 Å². The summed E-state index contributed by atoms with van der Waals surface area (Å²) in [5.41, 5.74) is 0. The van der Waals surface area contributed by atoms with E-state index in [4.69, 9.17) is 4.74 Å². The summed E-state index contributed by atoms with van der Waals surface area (Å²) in [6.07, 6.45) is 62.2. The highest BCUT2D eigenvalue weighted by Crippen LogP contribution is 2.18. The maximum absolute atomic E-state index is 13.2.